The number of hydrogen-bond acceptors (Lipinski definition) is 5. The van der Waals surface area contributed by atoms with Gasteiger partial charge in [0.05, 0.1) is 17.1 Å². The number of halogens is 2. The lowest BCUT2D eigenvalue weighted by molar-refractivity contribution is -0.123. The van der Waals surface area contributed by atoms with Crippen molar-refractivity contribution in [1.29, 1.82) is 0 Å². The first kappa shape index (κ1) is 26.0. The van der Waals surface area contributed by atoms with Gasteiger partial charge in [-0.2, -0.15) is 0 Å². The second-order valence-electron chi connectivity index (χ2n) is 8.22. The molecule has 0 aromatic heterocycles. The zero-order valence-corrected chi connectivity index (χ0v) is 22.7. The zero-order chi connectivity index (χ0) is 25.8. The number of hydrogen-bond donors (Lipinski definition) is 1. The van der Waals surface area contributed by atoms with E-state index >= 15 is 0 Å². The highest BCUT2D eigenvalue weighted by atomic mass is 79.9. The van der Waals surface area contributed by atoms with Gasteiger partial charge in [-0.25, -0.2) is 0 Å². The Morgan fingerprint density at radius 2 is 1.72 bits per heavy atom. The quantitative estimate of drug-likeness (QED) is 0.303. The lowest BCUT2D eigenvalue weighted by atomic mass is 10.1. The van der Waals surface area contributed by atoms with Crippen molar-refractivity contribution in [3.63, 3.8) is 0 Å². The number of carbonyl (C=O) groups is 3. The fraction of sp³-hybridized carbons (Fsp3) is 0.148. The molecule has 3 amide bonds. The third kappa shape index (κ3) is 6.37. The van der Waals surface area contributed by atoms with E-state index in [9.17, 15) is 14.4 Å². The molecule has 36 heavy (non-hydrogen) atoms. The molecule has 1 N–H and O–H groups in total. The van der Waals surface area contributed by atoms with Crippen molar-refractivity contribution in [2.75, 3.05) is 11.9 Å². The highest BCUT2D eigenvalue weighted by Crippen LogP contribution is 2.33. The molecule has 184 valence electrons. The molecule has 0 aliphatic carbocycles. The van der Waals surface area contributed by atoms with Gasteiger partial charge in [-0.1, -0.05) is 35.9 Å². The van der Waals surface area contributed by atoms with Crippen LogP contribution in [-0.2, 0) is 16.1 Å². The van der Waals surface area contributed by atoms with Crippen LogP contribution in [0, 0.1) is 13.8 Å². The molecule has 4 rings (SSSR count). The lowest BCUT2D eigenvalue weighted by Crippen LogP contribution is -2.27. The Hall–Kier alpha value is -3.07. The van der Waals surface area contributed by atoms with Gasteiger partial charge in [-0.3, -0.25) is 19.3 Å². The number of nitrogens with zero attached hydrogens (tertiary/aromatic N) is 1. The highest BCUT2D eigenvalue weighted by Gasteiger charge is 2.34. The molecule has 6 nitrogen and oxygen atoms in total. The Kier molecular flexibility index (Phi) is 8.18. The molecule has 1 heterocycles. The van der Waals surface area contributed by atoms with Crippen LogP contribution in [0.3, 0.4) is 0 Å². The average molecular weight is 586 g/mol. The number of thioether (sulfide) groups is 1. The molecule has 1 saturated heterocycles. The Bertz CT molecular complexity index is 1360. The van der Waals surface area contributed by atoms with Crippen molar-refractivity contribution < 1.29 is 19.1 Å². The van der Waals surface area contributed by atoms with Crippen LogP contribution in [0.2, 0.25) is 5.02 Å². The predicted octanol–water partition coefficient (Wildman–Crippen LogP) is 6.97. The van der Waals surface area contributed by atoms with Crippen molar-refractivity contribution in [2.24, 2.45) is 0 Å². The summed E-state index contributed by atoms with van der Waals surface area (Å²) in [7, 11) is 0. The summed E-state index contributed by atoms with van der Waals surface area (Å²) >= 11 is 10.3. The average Bonchev–Trinajstić information content (AvgIpc) is 3.10. The molecule has 3 aromatic rings. The van der Waals surface area contributed by atoms with Gasteiger partial charge in [-0.05, 0) is 106 Å². The Balaban J connectivity index is 1.34. The topological polar surface area (TPSA) is 75.7 Å². The summed E-state index contributed by atoms with van der Waals surface area (Å²) in [6, 6.07) is 17.8. The van der Waals surface area contributed by atoms with Crippen molar-refractivity contribution in [2.45, 2.75) is 20.4 Å². The predicted molar refractivity (Wildman–Crippen MR) is 147 cm³/mol. The first-order valence-corrected chi connectivity index (χ1v) is 13.0. The minimum Gasteiger partial charge on any atom is -0.484 e. The summed E-state index contributed by atoms with van der Waals surface area (Å²) in [4.78, 5) is 39.0. The van der Waals surface area contributed by atoms with E-state index in [0.29, 0.717) is 21.4 Å². The maximum Gasteiger partial charge on any atom is 0.293 e. The van der Waals surface area contributed by atoms with Crippen LogP contribution in [0.25, 0.3) is 6.08 Å². The van der Waals surface area contributed by atoms with Gasteiger partial charge < -0.3 is 10.1 Å². The molecule has 0 unspecified atom stereocenters. The molecule has 1 fully saturated rings. The van der Waals surface area contributed by atoms with Gasteiger partial charge in [-0.15, -0.1) is 0 Å². The normalized spacial score (nSPS) is 14.4. The van der Waals surface area contributed by atoms with Crippen molar-refractivity contribution >= 4 is 68.1 Å². The van der Waals surface area contributed by atoms with E-state index in [4.69, 9.17) is 16.3 Å². The number of amides is 3. The van der Waals surface area contributed by atoms with E-state index < -0.39 is 0 Å². The van der Waals surface area contributed by atoms with Crippen LogP contribution in [0.15, 0.2) is 70.0 Å². The minimum atomic E-state index is -0.338. The molecule has 0 radical (unpaired) electrons. The molecular weight excluding hydrogens is 564 g/mol. The number of imide groups is 1. The molecule has 0 atom stereocenters. The number of anilines is 1. The van der Waals surface area contributed by atoms with Crippen LogP contribution in [0.1, 0.15) is 22.3 Å². The van der Waals surface area contributed by atoms with Crippen molar-refractivity contribution in [3.05, 3.63) is 97.3 Å². The van der Waals surface area contributed by atoms with Crippen LogP contribution in [0.5, 0.6) is 5.75 Å². The van der Waals surface area contributed by atoms with Crippen LogP contribution < -0.4 is 10.1 Å². The molecule has 1 aliphatic rings. The minimum absolute atomic E-state index is 0.150. The van der Waals surface area contributed by atoms with E-state index in [-0.39, 0.29) is 30.2 Å². The molecule has 9 heteroatoms. The summed E-state index contributed by atoms with van der Waals surface area (Å²) in [5.41, 5.74) is 4.45. The number of carbonyl (C=O) groups excluding carboxylic acids is 3. The summed E-state index contributed by atoms with van der Waals surface area (Å²) in [6.45, 7) is 4.02. The number of aryl methyl sites for hydroxylation is 2. The number of benzene rings is 3. The van der Waals surface area contributed by atoms with E-state index in [1.165, 1.54) is 4.90 Å². The Morgan fingerprint density at radius 3 is 2.42 bits per heavy atom. The summed E-state index contributed by atoms with van der Waals surface area (Å²) in [6.07, 6.45) is 1.67. The van der Waals surface area contributed by atoms with Crippen LogP contribution in [-0.4, -0.2) is 28.6 Å². The van der Waals surface area contributed by atoms with E-state index in [2.05, 4.69) is 21.2 Å². The lowest BCUT2D eigenvalue weighted by Gasteiger charge is -2.12. The third-order valence-corrected chi connectivity index (χ3v) is 7.35. The second kappa shape index (κ2) is 11.3. The molecule has 3 aromatic carbocycles. The van der Waals surface area contributed by atoms with Gasteiger partial charge in [0, 0.05) is 9.50 Å². The number of rotatable bonds is 7. The summed E-state index contributed by atoms with van der Waals surface area (Å²) in [5, 5.41) is 3.11. The van der Waals surface area contributed by atoms with E-state index in [1.54, 1.807) is 54.6 Å². The first-order chi connectivity index (χ1) is 17.2. The fourth-order valence-corrected chi connectivity index (χ4v) is 4.95. The monoisotopic (exact) mass is 584 g/mol. The second-order valence-corrected chi connectivity index (χ2v) is 10.5. The maximum atomic E-state index is 12.8. The van der Waals surface area contributed by atoms with Gasteiger partial charge in [0.15, 0.2) is 6.61 Å². The SMILES string of the molecule is Cc1cc(Br)c(NC(=O)COc2ccc(/C=C3/SC(=O)N(Cc4ccc(Cl)cc4)C3=O)cc2)cc1C. The highest BCUT2D eigenvalue weighted by molar-refractivity contribution is 9.10. The smallest absolute Gasteiger partial charge is 0.293 e. The van der Waals surface area contributed by atoms with E-state index in [0.717, 1.165) is 38.5 Å². The Morgan fingerprint density at radius 1 is 1.06 bits per heavy atom. The standard InChI is InChI=1S/C27H22BrClN2O4S/c1-16-11-22(28)23(12-17(16)2)30-25(32)15-35-21-9-5-18(6-10-21)13-24-26(33)31(27(34)36-24)14-19-3-7-20(29)8-4-19/h3-13H,14-15H2,1-2H3,(H,30,32)/b24-13+. The summed E-state index contributed by atoms with van der Waals surface area (Å²) < 4.78 is 6.40. The molecule has 0 bridgehead atoms. The third-order valence-electron chi connectivity index (χ3n) is 5.53. The van der Waals surface area contributed by atoms with Gasteiger partial charge in [0.1, 0.15) is 5.75 Å². The van der Waals surface area contributed by atoms with Crippen molar-refractivity contribution in [1.82, 2.24) is 4.90 Å². The van der Waals surface area contributed by atoms with Gasteiger partial charge in [0.2, 0.25) is 0 Å². The largest absolute Gasteiger partial charge is 0.484 e. The van der Waals surface area contributed by atoms with Crippen molar-refractivity contribution in [3.8, 4) is 5.75 Å². The number of nitrogens with one attached hydrogen (secondary N) is 1. The zero-order valence-electron chi connectivity index (χ0n) is 19.5. The fourth-order valence-electron chi connectivity index (χ4n) is 3.43. The molecule has 1 aliphatic heterocycles. The first-order valence-electron chi connectivity index (χ1n) is 11.0. The van der Waals surface area contributed by atoms with Gasteiger partial charge in [0.25, 0.3) is 17.1 Å². The Labute approximate surface area is 226 Å². The van der Waals surface area contributed by atoms with E-state index in [1.807, 2.05) is 26.0 Å². The maximum absolute atomic E-state index is 12.8. The molecule has 0 spiro atoms. The molecule has 0 saturated carbocycles. The summed E-state index contributed by atoms with van der Waals surface area (Å²) in [5.74, 6) is -0.107. The van der Waals surface area contributed by atoms with Gasteiger partial charge >= 0.3 is 0 Å². The van der Waals surface area contributed by atoms with Crippen LogP contribution in [0.4, 0.5) is 10.5 Å². The number of ether oxygens (including phenoxy) is 1. The van der Waals surface area contributed by atoms with Crippen LogP contribution >= 0.6 is 39.3 Å². The molecular formula is C27H22BrClN2O4S.